The molecule has 0 unspecified atom stereocenters. The van der Waals surface area contributed by atoms with Crippen LogP contribution in [0.3, 0.4) is 0 Å². The first kappa shape index (κ1) is 12.3. The number of sulfone groups is 1. The van der Waals surface area contributed by atoms with Gasteiger partial charge in [0.05, 0.1) is 5.75 Å². The van der Waals surface area contributed by atoms with Gasteiger partial charge >= 0.3 is 0 Å². The second-order valence-electron chi connectivity index (χ2n) is 4.41. The number of nitrogens with one attached hydrogen (secondary N) is 1. The van der Waals surface area contributed by atoms with Gasteiger partial charge in [0.15, 0.2) is 0 Å². The Labute approximate surface area is 102 Å². The molecule has 0 atom stereocenters. The summed E-state index contributed by atoms with van der Waals surface area (Å²) in [6.45, 7) is 0.405. The Balaban J connectivity index is 2.06. The summed E-state index contributed by atoms with van der Waals surface area (Å²) in [5.41, 5.74) is 2.26. The third-order valence-electron chi connectivity index (χ3n) is 2.89. The molecule has 0 amide bonds. The summed E-state index contributed by atoms with van der Waals surface area (Å²) in [6.07, 6.45) is 7.10. The molecule has 17 heavy (non-hydrogen) atoms. The number of hydrogen-bond acceptors (Lipinski definition) is 5. The Morgan fingerprint density at radius 1 is 1.29 bits per heavy atom. The molecule has 2 rings (SSSR count). The third-order valence-corrected chi connectivity index (χ3v) is 3.84. The van der Waals surface area contributed by atoms with Gasteiger partial charge in [-0.25, -0.2) is 18.4 Å². The lowest BCUT2D eigenvalue weighted by Gasteiger charge is -2.17. The molecular weight excluding hydrogens is 238 g/mol. The number of aryl methyl sites for hydroxylation is 1. The van der Waals surface area contributed by atoms with E-state index in [2.05, 4.69) is 15.3 Å². The zero-order chi connectivity index (χ0) is 12.3. The lowest BCUT2D eigenvalue weighted by atomic mass is 9.96. The van der Waals surface area contributed by atoms with Crippen LogP contribution in [-0.4, -0.2) is 36.9 Å². The maximum atomic E-state index is 11.0. The molecule has 0 saturated carbocycles. The van der Waals surface area contributed by atoms with Crippen LogP contribution in [0.1, 0.15) is 24.1 Å². The zero-order valence-electron chi connectivity index (χ0n) is 9.94. The lowest BCUT2D eigenvalue weighted by Crippen LogP contribution is -2.17. The molecule has 0 fully saturated rings. The van der Waals surface area contributed by atoms with Gasteiger partial charge < -0.3 is 5.32 Å². The average molecular weight is 255 g/mol. The smallest absolute Gasteiger partial charge is 0.149 e. The number of nitrogens with zero attached hydrogens (tertiary/aromatic N) is 2. The minimum atomic E-state index is -2.92. The first-order chi connectivity index (χ1) is 8.06. The van der Waals surface area contributed by atoms with Crippen molar-refractivity contribution in [2.75, 3.05) is 23.9 Å². The van der Waals surface area contributed by atoms with Crippen molar-refractivity contribution in [2.24, 2.45) is 0 Å². The predicted molar refractivity (Wildman–Crippen MR) is 66.9 cm³/mol. The van der Waals surface area contributed by atoms with Crippen LogP contribution >= 0.6 is 0 Å². The maximum absolute atomic E-state index is 11.0. The van der Waals surface area contributed by atoms with Gasteiger partial charge in [0.25, 0.3) is 0 Å². The van der Waals surface area contributed by atoms with Crippen molar-refractivity contribution >= 4 is 15.7 Å². The Hall–Kier alpha value is -1.17. The van der Waals surface area contributed by atoms with Gasteiger partial charge in [0.2, 0.25) is 0 Å². The second kappa shape index (κ2) is 5.00. The summed E-state index contributed by atoms with van der Waals surface area (Å²) in [7, 11) is -2.92. The number of aromatic nitrogens is 2. The van der Waals surface area contributed by atoms with E-state index in [1.807, 2.05) is 0 Å². The highest BCUT2D eigenvalue weighted by atomic mass is 32.2. The van der Waals surface area contributed by atoms with Crippen molar-refractivity contribution in [3.63, 3.8) is 0 Å². The van der Waals surface area contributed by atoms with Crippen molar-refractivity contribution in [1.29, 1.82) is 0 Å². The van der Waals surface area contributed by atoms with Crippen LogP contribution in [0, 0.1) is 0 Å². The Kier molecular flexibility index (Phi) is 3.61. The number of fused-ring (bicyclic) bond motifs is 1. The molecule has 0 spiro atoms. The van der Waals surface area contributed by atoms with Crippen molar-refractivity contribution in [3.05, 3.63) is 17.6 Å². The Bertz CT molecular complexity index is 499. The van der Waals surface area contributed by atoms with Gasteiger partial charge in [-0.1, -0.05) is 0 Å². The van der Waals surface area contributed by atoms with Crippen molar-refractivity contribution in [2.45, 2.75) is 25.7 Å². The fourth-order valence-corrected chi connectivity index (χ4v) is 2.50. The van der Waals surface area contributed by atoms with Crippen molar-refractivity contribution in [3.8, 4) is 0 Å². The lowest BCUT2D eigenvalue weighted by molar-refractivity contribution is 0.602. The molecule has 1 heterocycles. The minimum Gasteiger partial charge on any atom is -0.369 e. The molecule has 5 nitrogen and oxygen atoms in total. The van der Waals surface area contributed by atoms with Crippen LogP contribution in [0.4, 0.5) is 5.82 Å². The predicted octanol–water partition coefficient (Wildman–Crippen LogP) is 0.812. The van der Waals surface area contributed by atoms with E-state index in [1.54, 1.807) is 6.33 Å². The maximum Gasteiger partial charge on any atom is 0.149 e. The molecule has 1 N–H and O–H groups in total. The van der Waals surface area contributed by atoms with Gasteiger partial charge in [-0.2, -0.15) is 0 Å². The van der Waals surface area contributed by atoms with E-state index in [0.29, 0.717) is 6.54 Å². The number of hydrogen-bond donors (Lipinski definition) is 1. The molecule has 0 saturated heterocycles. The van der Waals surface area contributed by atoms with E-state index < -0.39 is 9.84 Å². The normalized spacial score (nSPS) is 15.4. The van der Waals surface area contributed by atoms with Crippen LogP contribution in [0.5, 0.6) is 0 Å². The third kappa shape index (κ3) is 3.39. The van der Waals surface area contributed by atoms with E-state index in [1.165, 1.54) is 12.7 Å². The SMILES string of the molecule is CS(=O)(=O)CCNc1ncnc2c1CCCC2. The molecular formula is C11H17N3O2S. The highest BCUT2D eigenvalue weighted by Crippen LogP contribution is 2.23. The molecule has 0 aliphatic heterocycles. The van der Waals surface area contributed by atoms with Gasteiger partial charge in [-0.05, 0) is 25.7 Å². The van der Waals surface area contributed by atoms with Crippen LogP contribution in [-0.2, 0) is 22.7 Å². The van der Waals surface area contributed by atoms with Gasteiger partial charge in [0.1, 0.15) is 22.0 Å². The fraction of sp³-hybridized carbons (Fsp3) is 0.636. The largest absolute Gasteiger partial charge is 0.369 e. The molecule has 94 valence electrons. The topological polar surface area (TPSA) is 72.0 Å². The average Bonchev–Trinajstić information content (AvgIpc) is 2.28. The summed E-state index contributed by atoms with van der Waals surface area (Å²) in [5, 5.41) is 3.10. The molecule has 6 heteroatoms. The molecule has 0 bridgehead atoms. The van der Waals surface area contributed by atoms with Crippen molar-refractivity contribution in [1.82, 2.24) is 9.97 Å². The zero-order valence-corrected chi connectivity index (χ0v) is 10.8. The fourth-order valence-electron chi connectivity index (χ4n) is 2.03. The molecule has 1 aliphatic carbocycles. The van der Waals surface area contributed by atoms with E-state index >= 15 is 0 Å². The standard InChI is InChI=1S/C11H17N3O2S/c1-17(15,16)7-6-12-11-9-4-2-3-5-10(9)13-8-14-11/h8H,2-7H2,1H3,(H,12,13,14). The van der Waals surface area contributed by atoms with Gasteiger partial charge in [0, 0.05) is 24.1 Å². The van der Waals surface area contributed by atoms with E-state index in [4.69, 9.17) is 0 Å². The van der Waals surface area contributed by atoms with Crippen LogP contribution < -0.4 is 5.32 Å². The van der Waals surface area contributed by atoms with Gasteiger partial charge in [-0.3, -0.25) is 0 Å². The summed E-state index contributed by atoms with van der Waals surface area (Å²) < 4.78 is 22.1. The minimum absolute atomic E-state index is 0.131. The summed E-state index contributed by atoms with van der Waals surface area (Å²) >= 11 is 0. The number of anilines is 1. The first-order valence-corrected chi connectivity index (χ1v) is 7.87. The highest BCUT2D eigenvalue weighted by molar-refractivity contribution is 7.90. The van der Waals surface area contributed by atoms with Gasteiger partial charge in [-0.15, -0.1) is 0 Å². The van der Waals surface area contributed by atoms with Crippen LogP contribution in [0.25, 0.3) is 0 Å². The summed E-state index contributed by atoms with van der Waals surface area (Å²) in [6, 6.07) is 0. The highest BCUT2D eigenvalue weighted by Gasteiger charge is 2.15. The molecule has 1 aromatic rings. The van der Waals surface area contributed by atoms with E-state index in [-0.39, 0.29) is 5.75 Å². The molecule has 0 aromatic carbocycles. The first-order valence-electron chi connectivity index (χ1n) is 5.80. The molecule has 1 aliphatic rings. The quantitative estimate of drug-likeness (QED) is 0.862. The summed E-state index contributed by atoms with van der Waals surface area (Å²) in [4.78, 5) is 8.46. The molecule has 0 radical (unpaired) electrons. The van der Waals surface area contributed by atoms with E-state index in [9.17, 15) is 8.42 Å². The van der Waals surface area contributed by atoms with Crippen molar-refractivity contribution < 1.29 is 8.42 Å². The van der Waals surface area contributed by atoms with Crippen LogP contribution in [0.15, 0.2) is 6.33 Å². The monoisotopic (exact) mass is 255 g/mol. The van der Waals surface area contributed by atoms with E-state index in [0.717, 1.165) is 36.3 Å². The van der Waals surface area contributed by atoms with Crippen LogP contribution in [0.2, 0.25) is 0 Å². The second-order valence-corrected chi connectivity index (χ2v) is 6.67. The summed E-state index contributed by atoms with van der Waals surface area (Å²) in [5.74, 6) is 0.935. The molecule has 1 aromatic heterocycles. The Morgan fingerprint density at radius 2 is 2.06 bits per heavy atom. The number of rotatable bonds is 4. The Morgan fingerprint density at radius 3 is 2.82 bits per heavy atom.